The van der Waals surface area contributed by atoms with Crippen LogP contribution in [0.2, 0.25) is 0 Å². The van der Waals surface area contributed by atoms with Crippen LogP contribution in [0.25, 0.3) is 0 Å². The van der Waals surface area contributed by atoms with Gasteiger partial charge in [0.25, 0.3) is 0 Å². The highest BCUT2D eigenvalue weighted by atomic mass is 16.5. The molecule has 0 spiro atoms. The van der Waals surface area contributed by atoms with E-state index in [1.165, 1.54) is 0 Å². The van der Waals surface area contributed by atoms with E-state index >= 15 is 0 Å². The Morgan fingerprint density at radius 3 is 2.63 bits per heavy atom. The molecule has 0 radical (unpaired) electrons. The van der Waals surface area contributed by atoms with Gasteiger partial charge in [-0.05, 0) is 37.5 Å². The highest BCUT2D eigenvalue weighted by Gasteiger charge is 2.62. The minimum atomic E-state index is -0.346. The average Bonchev–Trinajstić information content (AvgIpc) is 2.30. The third kappa shape index (κ3) is 1.70. The number of carbonyl (C=O) groups excluding carboxylic acids is 2. The van der Waals surface area contributed by atoms with Gasteiger partial charge in [0.2, 0.25) is 0 Å². The molecule has 0 heterocycles. The van der Waals surface area contributed by atoms with Crippen LogP contribution < -0.4 is 0 Å². The fourth-order valence-corrected chi connectivity index (χ4v) is 4.54. The molecule has 4 aliphatic rings. The van der Waals surface area contributed by atoms with E-state index in [-0.39, 0.29) is 29.3 Å². The second kappa shape index (κ2) is 3.94. The topological polar surface area (TPSA) is 43.4 Å². The van der Waals surface area contributed by atoms with Crippen molar-refractivity contribution in [1.82, 2.24) is 0 Å². The van der Waals surface area contributed by atoms with E-state index in [9.17, 15) is 9.59 Å². The lowest BCUT2D eigenvalue weighted by molar-refractivity contribution is -0.194. The standard InChI is InChI=1S/C16H22O3/c1-8(2)15(18)19-14-11-7-10-5-9(13(11)17)6-12(14)16(10,3)4/h9-12,14H,1,5-7H2,2-4H3. The first-order chi connectivity index (χ1) is 8.82. The first-order valence-electron chi connectivity index (χ1n) is 7.22. The molecule has 3 heteroatoms. The monoisotopic (exact) mass is 262 g/mol. The van der Waals surface area contributed by atoms with Gasteiger partial charge in [-0.1, -0.05) is 20.4 Å². The largest absolute Gasteiger partial charge is 0.458 e. The zero-order valence-corrected chi connectivity index (χ0v) is 11.9. The van der Waals surface area contributed by atoms with Gasteiger partial charge in [0.05, 0.1) is 5.92 Å². The van der Waals surface area contributed by atoms with E-state index in [1.54, 1.807) is 6.92 Å². The predicted molar refractivity (Wildman–Crippen MR) is 71.3 cm³/mol. The van der Waals surface area contributed by atoms with Gasteiger partial charge in [-0.25, -0.2) is 4.79 Å². The minimum Gasteiger partial charge on any atom is -0.458 e. The Kier molecular flexibility index (Phi) is 2.67. The molecule has 4 rings (SSSR count). The van der Waals surface area contributed by atoms with Crippen molar-refractivity contribution >= 4 is 11.8 Å². The molecule has 5 unspecified atom stereocenters. The van der Waals surface area contributed by atoms with Gasteiger partial charge in [-0.3, -0.25) is 4.79 Å². The molecule has 0 aliphatic heterocycles. The first kappa shape index (κ1) is 12.9. The Morgan fingerprint density at radius 1 is 1.32 bits per heavy atom. The quantitative estimate of drug-likeness (QED) is 0.567. The van der Waals surface area contributed by atoms with Crippen molar-refractivity contribution in [2.45, 2.75) is 46.1 Å². The van der Waals surface area contributed by atoms with Crippen molar-refractivity contribution in [2.24, 2.45) is 29.1 Å². The lowest BCUT2D eigenvalue weighted by Crippen LogP contribution is -2.62. The number of carbonyl (C=O) groups is 2. The molecule has 3 nitrogen and oxygen atoms in total. The van der Waals surface area contributed by atoms with Crippen molar-refractivity contribution in [1.29, 1.82) is 0 Å². The summed E-state index contributed by atoms with van der Waals surface area (Å²) in [4.78, 5) is 24.2. The lowest BCUT2D eigenvalue weighted by atomic mass is 9.45. The summed E-state index contributed by atoms with van der Waals surface area (Å²) in [6, 6.07) is 0. The average molecular weight is 262 g/mol. The minimum absolute atomic E-state index is 0.0566. The molecule has 104 valence electrons. The van der Waals surface area contributed by atoms with Crippen LogP contribution in [0.15, 0.2) is 12.2 Å². The fourth-order valence-electron chi connectivity index (χ4n) is 4.54. The van der Waals surface area contributed by atoms with Crippen LogP contribution in [0.5, 0.6) is 0 Å². The van der Waals surface area contributed by atoms with Crippen LogP contribution in [-0.2, 0) is 14.3 Å². The Balaban J connectivity index is 1.90. The van der Waals surface area contributed by atoms with Crippen molar-refractivity contribution in [3.8, 4) is 0 Å². The summed E-state index contributed by atoms with van der Waals surface area (Å²) < 4.78 is 5.64. The summed E-state index contributed by atoms with van der Waals surface area (Å²) in [6.45, 7) is 9.83. The molecule has 19 heavy (non-hydrogen) atoms. The van der Waals surface area contributed by atoms with Gasteiger partial charge in [0.1, 0.15) is 11.9 Å². The third-order valence-electron chi connectivity index (χ3n) is 5.81. The van der Waals surface area contributed by atoms with Crippen molar-refractivity contribution in [3.05, 3.63) is 12.2 Å². The third-order valence-corrected chi connectivity index (χ3v) is 5.81. The van der Waals surface area contributed by atoms with Crippen molar-refractivity contribution in [2.75, 3.05) is 0 Å². The summed E-state index contributed by atoms with van der Waals surface area (Å²) >= 11 is 0. The Bertz CT molecular complexity index is 463. The number of Topliss-reactive ketones (excluding diaryl/α,β-unsaturated/α-hetero) is 1. The fraction of sp³-hybridized carbons (Fsp3) is 0.750. The number of hydrogen-bond acceptors (Lipinski definition) is 3. The summed E-state index contributed by atoms with van der Waals surface area (Å²) in [5, 5.41) is 0. The molecule has 0 aromatic rings. The Morgan fingerprint density at radius 2 is 2.00 bits per heavy atom. The summed E-state index contributed by atoms with van der Waals surface area (Å²) in [5.41, 5.74) is 0.590. The van der Waals surface area contributed by atoms with Gasteiger partial charge in [-0.2, -0.15) is 0 Å². The van der Waals surface area contributed by atoms with Gasteiger partial charge in [0.15, 0.2) is 0 Å². The van der Waals surface area contributed by atoms with E-state index in [1.807, 2.05) is 0 Å². The molecule has 4 bridgehead atoms. The van der Waals surface area contributed by atoms with E-state index < -0.39 is 0 Å². The zero-order chi connectivity index (χ0) is 13.9. The maximum atomic E-state index is 12.3. The van der Waals surface area contributed by atoms with Crippen LogP contribution in [0.1, 0.15) is 40.0 Å². The maximum absolute atomic E-state index is 12.3. The molecule has 5 atom stereocenters. The molecule has 0 aromatic carbocycles. The lowest BCUT2D eigenvalue weighted by Gasteiger charge is -2.60. The predicted octanol–water partition coefficient (Wildman–Crippen LogP) is 2.75. The number of ketones is 1. The van der Waals surface area contributed by atoms with Crippen LogP contribution in [0, 0.1) is 29.1 Å². The number of rotatable bonds is 2. The molecule has 0 N–H and O–H groups in total. The molecule has 0 aromatic heterocycles. The number of ether oxygens (including phenoxy) is 1. The second-order valence-corrected chi connectivity index (χ2v) is 7.19. The Hall–Kier alpha value is -1.12. The molecular weight excluding hydrogens is 240 g/mol. The van der Waals surface area contributed by atoms with Gasteiger partial charge in [-0.15, -0.1) is 0 Å². The molecule has 4 fully saturated rings. The maximum Gasteiger partial charge on any atom is 0.333 e. The van der Waals surface area contributed by atoms with Crippen LogP contribution in [-0.4, -0.2) is 17.9 Å². The normalized spacial score (nSPS) is 42.3. The molecule has 0 amide bonds. The van der Waals surface area contributed by atoms with Gasteiger partial charge in [0, 0.05) is 17.4 Å². The van der Waals surface area contributed by atoms with Crippen LogP contribution in [0.3, 0.4) is 0 Å². The van der Waals surface area contributed by atoms with Crippen LogP contribution in [0.4, 0.5) is 0 Å². The molecule has 4 saturated carbocycles. The summed E-state index contributed by atoms with van der Waals surface area (Å²) in [6.07, 6.45) is 2.61. The zero-order valence-electron chi connectivity index (χ0n) is 11.9. The highest BCUT2D eigenvalue weighted by Crippen LogP contribution is 2.61. The van der Waals surface area contributed by atoms with Crippen LogP contribution >= 0.6 is 0 Å². The smallest absolute Gasteiger partial charge is 0.333 e. The number of hydrogen-bond donors (Lipinski definition) is 0. The first-order valence-corrected chi connectivity index (χ1v) is 7.22. The van der Waals surface area contributed by atoms with E-state index in [4.69, 9.17) is 4.74 Å². The summed E-state index contributed by atoms with van der Waals surface area (Å²) in [5.74, 6) is 1.10. The van der Waals surface area contributed by atoms with Crippen molar-refractivity contribution < 1.29 is 14.3 Å². The highest BCUT2D eigenvalue weighted by molar-refractivity contribution is 5.89. The summed E-state index contributed by atoms with van der Waals surface area (Å²) in [7, 11) is 0. The number of esters is 1. The Labute approximate surface area is 114 Å². The van der Waals surface area contributed by atoms with E-state index in [2.05, 4.69) is 20.4 Å². The molecule has 0 saturated heterocycles. The SMILES string of the molecule is C=C(C)C(=O)OC1C2CC3CC(CC1C3(C)C)C2=O. The van der Waals surface area contributed by atoms with Gasteiger partial charge < -0.3 is 4.74 Å². The van der Waals surface area contributed by atoms with Crippen molar-refractivity contribution in [3.63, 3.8) is 0 Å². The van der Waals surface area contributed by atoms with E-state index in [0.29, 0.717) is 23.2 Å². The van der Waals surface area contributed by atoms with E-state index in [0.717, 1.165) is 19.3 Å². The second-order valence-electron chi connectivity index (χ2n) is 7.19. The molecular formula is C16H22O3. The van der Waals surface area contributed by atoms with Gasteiger partial charge >= 0.3 is 5.97 Å². The molecule has 4 aliphatic carbocycles.